The van der Waals surface area contributed by atoms with Gasteiger partial charge in [-0.25, -0.2) is 9.18 Å². The van der Waals surface area contributed by atoms with E-state index in [4.69, 9.17) is 20.9 Å². The van der Waals surface area contributed by atoms with E-state index in [1.807, 2.05) is 9.80 Å². The predicted octanol–water partition coefficient (Wildman–Crippen LogP) is 5.12. The molecule has 2 aromatic carbocycles. The van der Waals surface area contributed by atoms with E-state index in [9.17, 15) is 9.18 Å². The van der Waals surface area contributed by atoms with Gasteiger partial charge >= 0.3 is 6.03 Å². The molecule has 2 fully saturated rings. The minimum Gasteiger partial charge on any atom is -0.378 e. The molecule has 2 amide bonds. The zero-order valence-corrected chi connectivity index (χ0v) is 20.4. The Morgan fingerprint density at radius 1 is 1.09 bits per heavy atom. The number of urea groups is 1. The first-order valence-electron chi connectivity index (χ1n) is 12.0. The minimum atomic E-state index is -0.499. The van der Waals surface area contributed by atoms with Crippen LogP contribution in [-0.2, 0) is 11.2 Å². The Hall–Kier alpha value is -2.97. The molecule has 35 heavy (non-hydrogen) atoms. The molecule has 2 saturated heterocycles. The van der Waals surface area contributed by atoms with Crippen LogP contribution in [0, 0.1) is 5.82 Å². The van der Waals surface area contributed by atoms with Crippen molar-refractivity contribution in [1.82, 2.24) is 19.9 Å². The lowest BCUT2D eigenvalue weighted by molar-refractivity contribution is 0.0392. The lowest BCUT2D eigenvalue weighted by Crippen LogP contribution is -2.52. The fourth-order valence-corrected chi connectivity index (χ4v) is 4.99. The van der Waals surface area contributed by atoms with Crippen LogP contribution in [0.4, 0.5) is 9.18 Å². The van der Waals surface area contributed by atoms with E-state index in [0.717, 1.165) is 12.8 Å². The Bertz CT molecular complexity index is 1180. The largest absolute Gasteiger partial charge is 0.378 e. The smallest absolute Gasteiger partial charge is 0.320 e. The van der Waals surface area contributed by atoms with Gasteiger partial charge in [0.05, 0.1) is 24.2 Å². The molecule has 0 aliphatic carbocycles. The van der Waals surface area contributed by atoms with Crippen molar-refractivity contribution < 1.29 is 18.4 Å². The van der Waals surface area contributed by atoms with E-state index in [0.29, 0.717) is 56.7 Å². The number of benzene rings is 2. The highest BCUT2D eigenvalue weighted by molar-refractivity contribution is 6.31. The molecule has 2 atom stereocenters. The van der Waals surface area contributed by atoms with Gasteiger partial charge in [0.1, 0.15) is 5.82 Å². The van der Waals surface area contributed by atoms with Crippen molar-refractivity contribution >= 4 is 17.6 Å². The number of morpholine rings is 1. The molecule has 2 aliphatic rings. The molecular formula is C26H28ClFN4O3. The van der Waals surface area contributed by atoms with Crippen LogP contribution in [0.5, 0.6) is 0 Å². The van der Waals surface area contributed by atoms with Crippen molar-refractivity contribution in [3.63, 3.8) is 0 Å². The molecule has 7 nitrogen and oxygen atoms in total. The molecule has 0 bridgehead atoms. The van der Waals surface area contributed by atoms with E-state index in [2.05, 4.69) is 41.3 Å². The van der Waals surface area contributed by atoms with Crippen LogP contribution in [0.1, 0.15) is 42.2 Å². The Kier molecular flexibility index (Phi) is 7.02. The van der Waals surface area contributed by atoms with Crippen molar-refractivity contribution in [1.29, 1.82) is 0 Å². The summed E-state index contributed by atoms with van der Waals surface area (Å²) < 4.78 is 24.7. The Morgan fingerprint density at radius 2 is 1.83 bits per heavy atom. The van der Waals surface area contributed by atoms with Crippen LogP contribution in [0.2, 0.25) is 5.02 Å². The fourth-order valence-electron chi connectivity index (χ4n) is 4.81. The summed E-state index contributed by atoms with van der Waals surface area (Å²) in [5, 5.41) is 4.12. The predicted molar refractivity (Wildman–Crippen MR) is 130 cm³/mol. The zero-order valence-electron chi connectivity index (χ0n) is 19.6. The molecule has 2 unspecified atom stereocenters. The number of aromatic nitrogens is 2. The number of carbonyl (C=O) groups excluding carboxylic acids is 1. The maximum atomic E-state index is 13.6. The van der Waals surface area contributed by atoms with Gasteiger partial charge in [-0.2, -0.15) is 4.98 Å². The summed E-state index contributed by atoms with van der Waals surface area (Å²) in [6.07, 6.45) is 1.76. The number of rotatable bonds is 4. The highest BCUT2D eigenvalue weighted by Crippen LogP contribution is 2.36. The number of ether oxygens (including phenoxy) is 1. The number of nitrogens with zero attached hydrogens (tertiary/aromatic N) is 4. The zero-order chi connectivity index (χ0) is 24.4. The Balaban J connectivity index is 1.41. The van der Waals surface area contributed by atoms with Crippen LogP contribution < -0.4 is 0 Å². The summed E-state index contributed by atoms with van der Waals surface area (Å²) in [5.74, 6) is 0.333. The Labute approximate surface area is 208 Å². The fraction of sp³-hybridized carbons (Fsp3) is 0.423. The van der Waals surface area contributed by atoms with Crippen molar-refractivity contribution in [2.75, 3.05) is 39.4 Å². The number of carbonyl (C=O) groups is 1. The maximum Gasteiger partial charge on any atom is 0.320 e. The van der Waals surface area contributed by atoms with Crippen LogP contribution in [0.25, 0.3) is 11.4 Å². The molecule has 9 heteroatoms. The SMILES string of the molecule is CCc1ccc(C2CC(c3nc(-c4ccc(F)c(Cl)c4)no3)CN(C(=O)N3CCOCC3)C2)cc1. The summed E-state index contributed by atoms with van der Waals surface area (Å²) in [5.41, 5.74) is 3.05. The highest BCUT2D eigenvalue weighted by atomic mass is 35.5. The van der Waals surface area contributed by atoms with Crippen LogP contribution >= 0.6 is 11.6 Å². The van der Waals surface area contributed by atoms with E-state index >= 15 is 0 Å². The molecule has 0 N–H and O–H groups in total. The number of halogens is 2. The molecule has 3 aromatic rings. The summed E-state index contributed by atoms with van der Waals surface area (Å²) >= 11 is 5.94. The van der Waals surface area contributed by atoms with Gasteiger partial charge in [-0.3, -0.25) is 0 Å². The third-order valence-electron chi connectivity index (χ3n) is 6.83. The lowest BCUT2D eigenvalue weighted by atomic mass is 9.84. The van der Waals surface area contributed by atoms with Gasteiger partial charge in [0.15, 0.2) is 0 Å². The van der Waals surface area contributed by atoms with Crippen molar-refractivity contribution in [2.24, 2.45) is 0 Å². The second-order valence-electron chi connectivity index (χ2n) is 9.10. The second kappa shape index (κ2) is 10.3. The lowest BCUT2D eigenvalue weighted by Gasteiger charge is -2.40. The summed E-state index contributed by atoms with van der Waals surface area (Å²) in [4.78, 5) is 21.7. The third kappa shape index (κ3) is 5.18. The number of hydrogen-bond donors (Lipinski definition) is 0. The van der Waals surface area contributed by atoms with Gasteiger partial charge in [-0.05, 0) is 42.2 Å². The van der Waals surface area contributed by atoms with E-state index in [1.165, 1.54) is 23.3 Å². The molecule has 1 aromatic heterocycles. The van der Waals surface area contributed by atoms with Gasteiger partial charge in [0.25, 0.3) is 0 Å². The summed E-state index contributed by atoms with van der Waals surface area (Å²) in [7, 11) is 0. The first-order chi connectivity index (χ1) is 17.0. The highest BCUT2D eigenvalue weighted by Gasteiger charge is 2.36. The first-order valence-corrected chi connectivity index (χ1v) is 12.4. The maximum absolute atomic E-state index is 13.6. The molecule has 3 heterocycles. The molecule has 184 valence electrons. The van der Waals surface area contributed by atoms with Crippen LogP contribution in [0.3, 0.4) is 0 Å². The molecule has 2 aliphatic heterocycles. The van der Waals surface area contributed by atoms with E-state index < -0.39 is 5.82 Å². The topological polar surface area (TPSA) is 71.7 Å². The van der Waals surface area contributed by atoms with Gasteiger partial charge in [-0.1, -0.05) is 47.9 Å². The molecule has 0 spiro atoms. The van der Waals surface area contributed by atoms with E-state index in [-0.39, 0.29) is 22.9 Å². The molecule has 0 saturated carbocycles. The molecule has 5 rings (SSSR count). The summed E-state index contributed by atoms with van der Waals surface area (Å²) in [6, 6.07) is 13.0. The first kappa shape index (κ1) is 23.8. The average Bonchev–Trinajstić information content (AvgIpc) is 3.41. The normalized spacial score (nSPS) is 20.8. The number of amides is 2. The molecular weight excluding hydrogens is 471 g/mol. The monoisotopic (exact) mass is 498 g/mol. The van der Waals surface area contributed by atoms with Gasteiger partial charge in [-0.15, -0.1) is 0 Å². The van der Waals surface area contributed by atoms with Crippen molar-refractivity contribution in [3.05, 3.63) is 70.3 Å². The van der Waals surface area contributed by atoms with E-state index in [1.54, 1.807) is 6.07 Å². The van der Waals surface area contributed by atoms with Gasteiger partial charge in [0, 0.05) is 37.7 Å². The standard InChI is InChI=1S/C26H28ClFN4O3/c1-2-17-3-5-18(6-4-17)20-13-21(16-32(15-20)26(33)31-9-11-34-12-10-31)25-29-24(30-35-25)19-7-8-23(28)22(27)14-19/h3-8,14,20-21H,2,9-13,15-16H2,1H3. The quantitative estimate of drug-likeness (QED) is 0.499. The average molecular weight is 499 g/mol. The van der Waals surface area contributed by atoms with Gasteiger partial charge in [0.2, 0.25) is 11.7 Å². The third-order valence-corrected chi connectivity index (χ3v) is 7.12. The second-order valence-corrected chi connectivity index (χ2v) is 9.50. The van der Waals surface area contributed by atoms with Crippen molar-refractivity contribution in [2.45, 2.75) is 31.6 Å². The van der Waals surface area contributed by atoms with Crippen molar-refractivity contribution in [3.8, 4) is 11.4 Å². The molecule has 0 radical (unpaired) electrons. The Morgan fingerprint density at radius 3 is 2.54 bits per heavy atom. The van der Waals surface area contributed by atoms with Gasteiger partial charge < -0.3 is 19.1 Å². The number of piperidine rings is 1. The summed E-state index contributed by atoms with van der Waals surface area (Å²) in [6.45, 7) is 5.54. The van der Waals surface area contributed by atoms with Crippen LogP contribution in [0.15, 0.2) is 47.0 Å². The number of aryl methyl sites for hydroxylation is 1. The minimum absolute atomic E-state index is 0.00406. The van der Waals surface area contributed by atoms with Crippen LogP contribution in [-0.4, -0.2) is 65.4 Å². The number of hydrogen-bond acceptors (Lipinski definition) is 5. The number of likely N-dealkylation sites (tertiary alicyclic amines) is 1.